The lowest BCUT2D eigenvalue weighted by Crippen LogP contribution is -2.21. The number of aryl methyl sites for hydroxylation is 1. The van der Waals surface area contributed by atoms with Gasteiger partial charge in [-0.3, -0.25) is 9.79 Å². The Hall–Kier alpha value is -4.04. The molecule has 1 unspecified atom stereocenters. The minimum atomic E-state index is -1.23. The minimum absolute atomic E-state index is 0.0201. The van der Waals surface area contributed by atoms with Crippen molar-refractivity contribution in [3.63, 3.8) is 0 Å². The summed E-state index contributed by atoms with van der Waals surface area (Å²) < 4.78 is 5.68. The molecule has 3 rings (SSSR count). The average Bonchev–Trinajstić information content (AvgIpc) is 2.94. The standard InChI is InChI=1S/C24H29ClN6O4.C3H6O3/c25-22-24(28)31-23(27)21(30-22)18(34)11-20(26)29-10-4-3-5-14-8-9-19(35-13-15(33)12-32)17-7-2-1-6-16(14)17;1-2(4)3(5)6/h1-2,6-9,15,32-33H,3-5,10-13H2,(H2,26,29)(H4,27,28,31);2,4H,1H3,(H,5,6)/t;2-/m.0/s1. The number of anilines is 2. The fraction of sp³-hybridized carbons (Fsp3) is 0.370. The second-order valence-corrected chi connectivity index (χ2v) is 9.35. The Balaban J connectivity index is 0.000000883. The molecule has 1 heterocycles. The van der Waals surface area contributed by atoms with Crippen LogP contribution in [0.4, 0.5) is 11.6 Å². The number of amidine groups is 1. The lowest BCUT2D eigenvalue weighted by molar-refractivity contribution is -0.145. The number of aliphatic imine (C=N–C) groups is 1. The zero-order valence-corrected chi connectivity index (χ0v) is 23.3. The number of nitrogen functional groups attached to an aromatic ring is 2. The number of carboxylic acid groups (broad SMARTS) is 1. The molecule has 1 aromatic heterocycles. The second kappa shape index (κ2) is 16.3. The summed E-state index contributed by atoms with van der Waals surface area (Å²) in [6.07, 6.45) is 0.168. The normalized spacial score (nSPS) is 12.8. The van der Waals surface area contributed by atoms with Gasteiger partial charge in [-0.2, -0.15) is 0 Å². The van der Waals surface area contributed by atoms with Gasteiger partial charge in [-0.15, -0.1) is 0 Å². The molecule has 0 saturated heterocycles. The fourth-order valence-electron chi connectivity index (χ4n) is 3.52. The zero-order valence-electron chi connectivity index (χ0n) is 22.5. The number of nitrogens with two attached hydrogens (primary N) is 3. The third-order valence-corrected chi connectivity index (χ3v) is 5.93. The van der Waals surface area contributed by atoms with Crippen LogP contribution in [0.25, 0.3) is 10.8 Å². The molecule has 41 heavy (non-hydrogen) atoms. The number of carbonyl (C=O) groups is 2. The number of aromatic nitrogens is 2. The molecular weight excluding hydrogens is 556 g/mol. The monoisotopic (exact) mass is 590 g/mol. The van der Waals surface area contributed by atoms with E-state index in [9.17, 15) is 14.7 Å². The lowest BCUT2D eigenvalue weighted by atomic mass is 9.99. The van der Waals surface area contributed by atoms with Gasteiger partial charge < -0.3 is 42.4 Å². The first-order chi connectivity index (χ1) is 19.4. The van der Waals surface area contributed by atoms with E-state index in [0.29, 0.717) is 12.3 Å². The van der Waals surface area contributed by atoms with Crippen molar-refractivity contribution in [2.75, 3.05) is 31.2 Å². The predicted molar refractivity (Wildman–Crippen MR) is 156 cm³/mol. The summed E-state index contributed by atoms with van der Waals surface area (Å²) in [4.78, 5) is 33.8. The van der Waals surface area contributed by atoms with Crippen LogP contribution in [0, 0.1) is 0 Å². The predicted octanol–water partition coefficient (Wildman–Crippen LogP) is 1.58. The molecule has 0 saturated carbocycles. The molecule has 222 valence electrons. The van der Waals surface area contributed by atoms with Crippen LogP contribution in [0.5, 0.6) is 5.75 Å². The first-order valence-corrected chi connectivity index (χ1v) is 13.1. The van der Waals surface area contributed by atoms with E-state index in [0.717, 1.165) is 35.6 Å². The Morgan fingerprint density at radius 1 is 1.05 bits per heavy atom. The highest BCUT2D eigenvalue weighted by Crippen LogP contribution is 2.29. The molecule has 0 radical (unpaired) electrons. The largest absolute Gasteiger partial charge is 0.490 e. The SMILES string of the molecule is C[C@H](O)C(=O)O.NC(CC(=O)c1nc(Cl)c(N)nc1N)=NCCCCc1ccc(OCC(O)CO)c2ccccc12. The highest BCUT2D eigenvalue weighted by atomic mass is 35.5. The van der Waals surface area contributed by atoms with Crippen molar-refractivity contribution >= 4 is 51.6 Å². The molecule has 2 atom stereocenters. The number of hydrogen-bond acceptors (Lipinski definition) is 11. The number of aliphatic hydroxyl groups excluding tert-OH is 3. The minimum Gasteiger partial charge on any atom is -0.490 e. The zero-order chi connectivity index (χ0) is 30.5. The Morgan fingerprint density at radius 2 is 1.71 bits per heavy atom. The number of unbranched alkanes of at least 4 members (excludes halogenated alkanes) is 1. The second-order valence-electron chi connectivity index (χ2n) is 8.99. The van der Waals surface area contributed by atoms with Crippen LogP contribution in [-0.2, 0) is 11.2 Å². The van der Waals surface area contributed by atoms with E-state index in [1.54, 1.807) is 0 Å². The van der Waals surface area contributed by atoms with E-state index >= 15 is 0 Å². The Labute approximate surface area is 241 Å². The van der Waals surface area contributed by atoms with E-state index in [2.05, 4.69) is 15.0 Å². The first kappa shape index (κ1) is 33.2. The van der Waals surface area contributed by atoms with Crippen LogP contribution in [-0.4, -0.2) is 79.9 Å². The van der Waals surface area contributed by atoms with Crippen molar-refractivity contribution in [3.8, 4) is 5.75 Å². The maximum atomic E-state index is 12.4. The van der Waals surface area contributed by atoms with Crippen molar-refractivity contribution in [2.45, 2.75) is 44.8 Å². The molecule has 3 aromatic rings. The summed E-state index contributed by atoms with van der Waals surface area (Å²) in [6, 6.07) is 11.8. The first-order valence-electron chi connectivity index (χ1n) is 12.7. The maximum Gasteiger partial charge on any atom is 0.332 e. The molecule has 14 heteroatoms. The summed E-state index contributed by atoms with van der Waals surface area (Å²) in [7, 11) is 0. The van der Waals surface area contributed by atoms with Gasteiger partial charge in [-0.1, -0.05) is 41.9 Å². The molecule has 0 spiro atoms. The number of halogens is 1. The van der Waals surface area contributed by atoms with Crippen LogP contribution >= 0.6 is 11.6 Å². The van der Waals surface area contributed by atoms with Crippen LogP contribution in [0.15, 0.2) is 41.4 Å². The summed E-state index contributed by atoms with van der Waals surface area (Å²) in [6.45, 7) is 1.34. The van der Waals surface area contributed by atoms with Crippen LogP contribution in [0.1, 0.15) is 42.2 Å². The van der Waals surface area contributed by atoms with E-state index in [1.165, 1.54) is 6.92 Å². The molecule has 0 bridgehead atoms. The molecule has 0 fully saturated rings. The highest BCUT2D eigenvalue weighted by molar-refractivity contribution is 6.31. The third-order valence-electron chi connectivity index (χ3n) is 5.65. The number of fused-ring (bicyclic) bond motifs is 1. The number of carboxylic acids is 1. The molecule has 10 N–H and O–H groups in total. The smallest absolute Gasteiger partial charge is 0.332 e. The van der Waals surface area contributed by atoms with Gasteiger partial charge in [0.15, 0.2) is 28.3 Å². The Kier molecular flexibility index (Phi) is 13.2. The van der Waals surface area contributed by atoms with Crippen LogP contribution in [0.3, 0.4) is 0 Å². The summed E-state index contributed by atoms with van der Waals surface area (Å²) in [5.41, 5.74) is 18.2. The number of ketones is 1. The van der Waals surface area contributed by atoms with E-state index in [-0.39, 0.29) is 48.0 Å². The van der Waals surface area contributed by atoms with E-state index in [1.807, 2.05) is 36.4 Å². The molecule has 0 aliphatic rings. The number of rotatable bonds is 13. The van der Waals surface area contributed by atoms with Gasteiger partial charge in [0.25, 0.3) is 0 Å². The molecular formula is C27H35ClN6O7. The molecule has 0 amide bonds. The number of aliphatic hydroxyl groups is 3. The number of benzene rings is 2. The van der Waals surface area contributed by atoms with Crippen LogP contribution < -0.4 is 21.9 Å². The Morgan fingerprint density at radius 3 is 2.34 bits per heavy atom. The Bertz CT molecular complexity index is 1370. The third kappa shape index (κ3) is 10.5. The van der Waals surface area contributed by atoms with Gasteiger partial charge >= 0.3 is 5.97 Å². The van der Waals surface area contributed by atoms with Gasteiger partial charge in [0.2, 0.25) is 0 Å². The van der Waals surface area contributed by atoms with Gasteiger partial charge in [-0.05, 0) is 43.2 Å². The van der Waals surface area contributed by atoms with Crippen molar-refractivity contribution in [2.24, 2.45) is 10.7 Å². The number of ether oxygens (including phenoxy) is 1. The number of hydrogen-bond donors (Lipinski definition) is 7. The summed E-state index contributed by atoms with van der Waals surface area (Å²) >= 11 is 5.82. The molecule has 2 aromatic carbocycles. The van der Waals surface area contributed by atoms with Gasteiger partial charge in [0.1, 0.15) is 30.4 Å². The lowest BCUT2D eigenvalue weighted by Gasteiger charge is -2.14. The van der Waals surface area contributed by atoms with Gasteiger partial charge in [0.05, 0.1) is 13.0 Å². The summed E-state index contributed by atoms with van der Waals surface area (Å²) in [5, 5.41) is 36.2. The van der Waals surface area contributed by atoms with Crippen molar-refractivity contribution in [1.82, 2.24) is 9.97 Å². The quantitative estimate of drug-likeness (QED) is 0.0649. The van der Waals surface area contributed by atoms with Gasteiger partial charge in [0, 0.05) is 11.9 Å². The fourth-order valence-corrected chi connectivity index (χ4v) is 3.64. The van der Waals surface area contributed by atoms with E-state index < -0.39 is 24.0 Å². The number of aliphatic carboxylic acids is 1. The number of nitrogens with zero attached hydrogens (tertiary/aromatic N) is 3. The topological polar surface area (TPSA) is 240 Å². The van der Waals surface area contributed by atoms with Crippen molar-refractivity contribution < 1.29 is 34.8 Å². The molecule has 0 aliphatic heterocycles. The maximum absolute atomic E-state index is 12.4. The number of Topliss-reactive ketones (excluding diaryl/α,β-unsaturated/α-hetero) is 1. The molecule has 13 nitrogen and oxygen atoms in total. The highest BCUT2D eigenvalue weighted by Gasteiger charge is 2.17. The van der Waals surface area contributed by atoms with Crippen LogP contribution in [0.2, 0.25) is 5.15 Å². The van der Waals surface area contributed by atoms with Crippen molar-refractivity contribution in [3.05, 3.63) is 52.8 Å². The average molecular weight is 591 g/mol. The summed E-state index contributed by atoms with van der Waals surface area (Å²) in [5.74, 6) is -0.920. The molecule has 0 aliphatic carbocycles. The van der Waals surface area contributed by atoms with Crippen molar-refractivity contribution in [1.29, 1.82) is 0 Å². The number of carbonyl (C=O) groups excluding carboxylic acids is 1. The van der Waals surface area contributed by atoms with Gasteiger partial charge in [-0.25, -0.2) is 14.8 Å². The van der Waals surface area contributed by atoms with E-state index in [4.69, 9.17) is 48.9 Å².